The number of nitrogens with two attached hydrogens (primary N) is 2. The van der Waals surface area contributed by atoms with Gasteiger partial charge in [0.1, 0.15) is 23.4 Å². The number of rotatable bonds is 8. The van der Waals surface area contributed by atoms with Gasteiger partial charge in [-0.3, -0.25) is 33.8 Å². The number of guanidine groups is 1. The summed E-state index contributed by atoms with van der Waals surface area (Å²) in [6, 6.07) is -1.50. The number of carbonyl (C=O) groups excluding carboxylic acids is 5. The Labute approximate surface area is 268 Å². The van der Waals surface area contributed by atoms with Crippen LogP contribution in [0.25, 0.3) is 0 Å². The number of carbonyl (C=O) groups is 7. The van der Waals surface area contributed by atoms with Crippen LogP contribution in [0.3, 0.4) is 0 Å². The summed E-state index contributed by atoms with van der Waals surface area (Å²) in [5.41, 5.74) is 9.51. The van der Waals surface area contributed by atoms with Crippen LogP contribution in [0.5, 0.6) is 0 Å². The number of aliphatic imine (C=N–C) groups is 1. The molecule has 0 saturated carbocycles. The molecule has 1 fully saturated rings. The molecule has 0 aliphatic carbocycles. The number of benzene rings is 1. The van der Waals surface area contributed by atoms with Gasteiger partial charge in [-0.25, -0.2) is 4.79 Å². The molecule has 0 radical (unpaired) electrons. The SMILES string of the molecule is NC(N)=NCCC[C@@H]1NC(=O)CNC(=O)[C@H](c2ccc(C(F)(F)F)cc2)SC[C@@H](C(=O)O)NC(=O)[C@H](CC(=O)O)NC(=O)CNC1=O. The van der Waals surface area contributed by atoms with Crippen molar-refractivity contribution in [1.82, 2.24) is 26.6 Å². The zero-order valence-corrected chi connectivity index (χ0v) is 25.3. The van der Waals surface area contributed by atoms with E-state index in [-0.39, 0.29) is 30.9 Å². The predicted octanol–water partition coefficient (Wildman–Crippen LogP) is -2.21. The van der Waals surface area contributed by atoms with Gasteiger partial charge in [-0.15, -0.1) is 11.8 Å². The number of alkyl halides is 3. The maximum absolute atomic E-state index is 13.2. The van der Waals surface area contributed by atoms with Crippen molar-refractivity contribution in [3.05, 3.63) is 35.4 Å². The summed E-state index contributed by atoms with van der Waals surface area (Å²) < 4.78 is 39.4. The first kappa shape index (κ1) is 38.1. The van der Waals surface area contributed by atoms with Gasteiger partial charge in [-0.2, -0.15) is 13.2 Å². The van der Waals surface area contributed by atoms with Crippen molar-refractivity contribution in [1.29, 1.82) is 0 Å². The minimum atomic E-state index is -4.70. The summed E-state index contributed by atoms with van der Waals surface area (Å²) in [6.45, 7) is -1.43. The third kappa shape index (κ3) is 13.0. The van der Waals surface area contributed by atoms with E-state index in [1.807, 2.05) is 0 Å². The zero-order chi connectivity index (χ0) is 35.3. The van der Waals surface area contributed by atoms with Gasteiger partial charge in [0.05, 0.1) is 25.1 Å². The zero-order valence-electron chi connectivity index (χ0n) is 24.5. The molecule has 1 aliphatic rings. The first-order chi connectivity index (χ1) is 22.0. The molecule has 11 N–H and O–H groups in total. The van der Waals surface area contributed by atoms with Crippen LogP contribution in [0.4, 0.5) is 13.2 Å². The van der Waals surface area contributed by atoms with Gasteiger partial charge < -0.3 is 48.3 Å². The molecule has 1 saturated heterocycles. The largest absolute Gasteiger partial charge is 0.481 e. The standard InChI is InChI=1S/C26H33F3N8O9S/c27-26(28,29)13-5-3-12(4-6-13)20-23(44)34-10-17(38)35-14(2-1-7-32-25(30)31)21(42)33-9-18(39)36-15(8-19(40)41)22(43)37-16(11-47-20)24(45)46/h3-6,14-16,20H,1-2,7-11H2,(H,33,42)(H,34,44)(H,35,38)(H,36,39)(H,37,43)(H,40,41)(H,45,46)(H4,30,31,32)/t14-,15-,16-,20-/m0/s1. The van der Waals surface area contributed by atoms with Crippen molar-refractivity contribution in [3.63, 3.8) is 0 Å². The topological polar surface area (TPSA) is 284 Å². The second-order valence-electron chi connectivity index (χ2n) is 9.96. The van der Waals surface area contributed by atoms with E-state index in [0.717, 1.165) is 12.1 Å². The highest BCUT2D eigenvalue weighted by molar-refractivity contribution is 8.00. The molecule has 1 aromatic rings. The van der Waals surface area contributed by atoms with Gasteiger partial charge in [0.25, 0.3) is 0 Å². The Morgan fingerprint density at radius 2 is 1.45 bits per heavy atom. The fraction of sp³-hybridized carbons (Fsp3) is 0.462. The molecule has 21 heteroatoms. The fourth-order valence-corrected chi connectivity index (χ4v) is 5.20. The smallest absolute Gasteiger partial charge is 0.416 e. The Morgan fingerprint density at radius 1 is 0.872 bits per heavy atom. The van der Waals surface area contributed by atoms with Crippen LogP contribution in [0.1, 0.15) is 35.6 Å². The molecule has 1 heterocycles. The van der Waals surface area contributed by atoms with Gasteiger partial charge in [0.2, 0.25) is 29.5 Å². The Bertz CT molecular complexity index is 1370. The molecule has 47 heavy (non-hydrogen) atoms. The third-order valence-corrected chi connectivity index (χ3v) is 7.64. The van der Waals surface area contributed by atoms with E-state index >= 15 is 0 Å². The highest BCUT2D eigenvalue weighted by Crippen LogP contribution is 2.34. The summed E-state index contributed by atoms with van der Waals surface area (Å²) >= 11 is 0.590. The van der Waals surface area contributed by atoms with Crippen LogP contribution in [0.2, 0.25) is 0 Å². The van der Waals surface area contributed by atoms with E-state index in [0.29, 0.717) is 23.9 Å². The number of hydrogen-bond acceptors (Lipinski definition) is 9. The second kappa shape index (κ2) is 17.6. The molecule has 258 valence electrons. The summed E-state index contributed by atoms with van der Waals surface area (Å²) in [5, 5.41) is 28.6. The van der Waals surface area contributed by atoms with Crippen molar-refractivity contribution in [2.75, 3.05) is 25.4 Å². The Balaban J connectivity index is 2.44. The molecule has 2 rings (SSSR count). The van der Waals surface area contributed by atoms with Gasteiger partial charge >= 0.3 is 18.1 Å². The van der Waals surface area contributed by atoms with E-state index < -0.39 is 102 Å². The maximum atomic E-state index is 13.2. The van der Waals surface area contributed by atoms with E-state index in [4.69, 9.17) is 11.5 Å². The van der Waals surface area contributed by atoms with Crippen LogP contribution in [-0.4, -0.2) is 101 Å². The van der Waals surface area contributed by atoms with E-state index in [1.54, 1.807) is 0 Å². The number of carboxylic acid groups (broad SMARTS) is 2. The van der Waals surface area contributed by atoms with Crippen LogP contribution in [0, 0.1) is 0 Å². The van der Waals surface area contributed by atoms with Crippen LogP contribution < -0.4 is 38.1 Å². The quantitative estimate of drug-likeness (QED) is 0.0798. The lowest BCUT2D eigenvalue weighted by Gasteiger charge is -2.24. The van der Waals surface area contributed by atoms with E-state index in [9.17, 15) is 56.9 Å². The highest BCUT2D eigenvalue weighted by atomic mass is 32.2. The molecule has 0 aromatic heterocycles. The Hall–Kier alpha value is -5.08. The van der Waals surface area contributed by atoms with Crippen molar-refractivity contribution in [2.45, 2.75) is 48.8 Å². The summed E-state index contributed by atoms with van der Waals surface area (Å²) in [5.74, 6) is -8.88. The third-order valence-electron chi connectivity index (χ3n) is 6.30. The van der Waals surface area contributed by atoms with Crippen molar-refractivity contribution in [3.8, 4) is 0 Å². The minimum Gasteiger partial charge on any atom is -0.481 e. The molecule has 4 atom stereocenters. The lowest BCUT2D eigenvalue weighted by atomic mass is 10.1. The molecular formula is C26H33F3N8O9S. The number of carboxylic acids is 2. The average molecular weight is 691 g/mol. The Kier molecular flexibility index (Phi) is 14.2. The lowest BCUT2D eigenvalue weighted by Crippen LogP contribution is -2.55. The normalized spacial score (nSPS) is 22.2. The predicted molar refractivity (Wildman–Crippen MR) is 158 cm³/mol. The molecule has 0 spiro atoms. The summed E-state index contributed by atoms with van der Waals surface area (Å²) in [4.78, 5) is 91.3. The fourth-order valence-electron chi connectivity index (χ4n) is 4.01. The van der Waals surface area contributed by atoms with Gasteiger partial charge in [0, 0.05) is 12.3 Å². The van der Waals surface area contributed by atoms with Crippen LogP contribution >= 0.6 is 11.8 Å². The molecule has 0 bridgehead atoms. The molecule has 5 amide bonds. The number of nitrogens with zero attached hydrogens (tertiary/aromatic N) is 1. The number of aliphatic carboxylic acids is 2. The van der Waals surface area contributed by atoms with Crippen molar-refractivity contribution in [2.24, 2.45) is 16.5 Å². The average Bonchev–Trinajstić information content (AvgIpc) is 2.98. The maximum Gasteiger partial charge on any atom is 0.416 e. The summed E-state index contributed by atoms with van der Waals surface area (Å²) in [7, 11) is 0. The Morgan fingerprint density at radius 3 is 1.98 bits per heavy atom. The number of halogens is 3. The first-order valence-electron chi connectivity index (χ1n) is 13.7. The number of thioether (sulfide) groups is 1. The van der Waals surface area contributed by atoms with Crippen molar-refractivity contribution < 1.29 is 56.9 Å². The molecule has 17 nitrogen and oxygen atoms in total. The lowest BCUT2D eigenvalue weighted by molar-refractivity contribution is -0.143. The van der Waals surface area contributed by atoms with Crippen molar-refractivity contribution >= 4 is 59.2 Å². The van der Waals surface area contributed by atoms with Crippen LogP contribution in [0.15, 0.2) is 29.3 Å². The van der Waals surface area contributed by atoms with E-state index in [1.165, 1.54) is 0 Å². The molecular weight excluding hydrogens is 657 g/mol. The monoisotopic (exact) mass is 690 g/mol. The van der Waals surface area contributed by atoms with Gasteiger partial charge in [0.15, 0.2) is 5.96 Å². The first-order valence-corrected chi connectivity index (χ1v) is 14.8. The number of amides is 5. The van der Waals surface area contributed by atoms with Gasteiger partial charge in [-0.05, 0) is 30.5 Å². The second-order valence-corrected chi connectivity index (χ2v) is 11.1. The molecule has 0 unspecified atom stereocenters. The number of nitrogens with one attached hydrogen (secondary N) is 5. The highest BCUT2D eigenvalue weighted by Gasteiger charge is 2.33. The molecule has 1 aromatic carbocycles. The molecule has 1 aliphatic heterocycles. The van der Waals surface area contributed by atoms with Crippen LogP contribution in [-0.2, 0) is 39.7 Å². The number of hydrogen-bond donors (Lipinski definition) is 9. The van der Waals surface area contributed by atoms with E-state index in [2.05, 4.69) is 31.6 Å². The minimum absolute atomic E-state index is 0.0150. The summed E-state index contributed by atoms with van der Waals surface area (Å²) in [6.07, 6.45) is -5.55. The van der Waals surface area contributed by atoms with Gasteiger partial charge in [-0.1, -0.05) is 12.1 Å².